The Morgan fingerprint density at radius 3 is 1.40 bits per heavy atom. The molecule has 494 valence electrons. The fourth-order valence-electron chi connectivity index (χ4n) is 14.8. The van der Waals surface area contributed by atoms with E-state index in [0.29, 0.717) is 11.5 Å². The molecule has 0 amide bonds. The third-order valence-corrected chi connectivity index (χ3v) is 19.7. The summed E-state index contributed by atoms with van der Waals surface area (Å²) in [5.41, 5.74) is 25.5. The molecule has 17 aromatic rings. The minimum Gasteiger partial charge on any atom is -0.510 e. The Morgan fingerprint density at radius 1 is 0.388 bits per heavy atom. The molecular formula is C94H67BN6OPt-2. The van der Waals surface area contributed by atoms with Crippen LogP contribution in [0.4, 0.5) is 22.7 Å². The number of ether oxygens (including phenoxy) is 1. The normalized spacial score (nSPS) is 12.1. The zero-order valence-electron chi connectivity index (χ0n) is 57.0. The summed E-state index contributed by atoms with van der Waals surface area (Å²) < 4.78 is 13.7. The summed E-state index contributed by atoms with van der Waals surface area (Å²) in [5.74, 6) is 1.87. The summed E-state index contributed by atoms with van der Waals surface area (Å²) in [4.78, 5) is 10.0. The molecule has 18 rings (SSSR count). The second kappa shape index (κ2) is 27.0. The number of fused-ring (bicyclic) bond motifs is 5. The molecule has 0 radical (unpaired) electrons. The minimum atomic E-state index is -0.219. The van der Waals surface area contributed by atoms with Gasteiger partial charge in [0, 0.05) is 55.7 Å². The SMILES string of the molecule is CC(C)(C)c1ccnc(-n2c3[c-]c(Oc4[c-]c(-n5[c-][n+](-c6c(-c7cc(-c8ccccc8)cc(-c8ccccc8)c7)cccc6-c6cc(-c7ccccc7)cc(-c7ccccc7)c6)c6ccccc65)ccc4)ccc3c3cc(B4N(c5ccccc5)c5ccccc5N4c4ccccc4)ccc32)c1.[Pt]. The molecule has 9 heteroatoms. The Balaban J connectivity index is 0.00000787. The topological polar surface area (TPSA) is 42.3 Å². The smallest absolute Gasteiger partial charge is 0.420 e. The first-order valence-corrected chi connectivity index (χ1v) is 34.8. The Labute approximate surface area is 615 Å². The van der Waals surface area contributed by atoms with Crippen LogP contribution in [0.2, 0.25) is 0 Å². The van der Waals surface area contributed by atoms with E-state index in [1.54, 1.807) is 0 Å². The molecule has 103 heavy (non-hydrogen) atoms. The molecule has 1 aliphatic rings. The van der Waals surface area contributed by atoms with Crippen LogP contribution in [-0.4, -0.2) is 21.1 Å². The monoisotopic (exact) mass is 1500 g/mol. The van der Waals surface area contributed by atoms with E-state index in [9.17, 15) is 0 Å². The number of hydrogen-bond donors (Lipinski definition) is 0. The van der Waals surface area contributed by atoms with Gasteiger partial charge in [-0.2, -0.15) is 18.2 Å². The van der Waals surface area contributed by atoms with Crippen LogP contribution in [0.3, 0.4) is 0 Å². The van der Waals surface area contributed by atoms with Crippen molar-refractivity contribution in [2.75, 3.05) is 9.62 Å². The molecule has 0 aliphatic carbocycles. The zero-order valence-corrected chi connectivity index (χ0v) is 59.2. The van der Waals surface area contributed by atoms with Gasteiger partial charge in [0.1, 0.15) is 5.82 Å². The van der Waals surface area contributed by atoms with Crippen LogP contribution in [0.1, 0.15) is 26.3 Å². The predicted octanol–water partition coefficient (Wildman–Crippen LogP) is 22.6. The number of anilines is 4. The van der Waals surface area contributed by atoms with Crippen molar-refractivity contribution in [1.29, 1.82) is 0 Å². The van der Waals surface area contributed by atoms with Gasteiger partial charge in [0.2, 0.25) is 0 Å². The van der Waals surface area contributed by atoms with Crippen LogP contribution < -0.4 is 24.4 Å². The van der Waals surface area contributed by atoms with E-state index >= 15 is 0 Å². The molecule has 7 nitrogen and oxygen atoms in total. The summed E-state index contributed by atoms with van der Waals surface area (Å²) >= 11 is 0. The number of hydrogen-bond acceptors (Lipinski definition) is 4. The molecule has 3 aromatic heterocycles. The molecule has 0 N–H and O–H groups in total. The maximum absolute atomic E-state index is 7.04. The van der Waals surface area contributed by atoms with Gasteiger partial charge in [-0.25, -0.2) is 4.98 Å². The third-order valence-electron chi connectivity index (χ3n) is 19.7. The van der Waals surface area contributed by atoms with Crippen molar-refractivity contribution in [3.63, 3.8) is 0 Å². The van der Waals surface area contributed by atoms with Crippen LogP contribution in [0, 0.1) is 18.5 Å². The van der Waals surface area contributed by atoms with Crippen LogP contribution >= 0.6 is 0 Å². The maximum atomic E-state index is 7.04. The summed E-state index contributed by atoms with van der Waals surface area (Å²) in [6.45, 7) is 6.51. The van der Waals surface area contributed by atoms with Gasteiger partial charge >= 0.3 is 6.98 Å². The fraction of sp³-hybridized carbons (Fsp3) is 0.0426. The van der Waals surface area contributed by atoms with Crippen molar-refractivity contribution in [2.24, 2.45) is 0 Å². The molecule has 0 saturated heterocycles. The quantitative estimate of drug-likeness (QED) is 0.0618. The van der Waals surface area contributed by atoms with Crippen LogP contribution in [0.15, 0.2) is 352 Å². The molecule has 14 aromatic carbocycles. The first-order chi connectivity index (χ1) is 50.2. The summed E-state index contributed by atoms with van der Waals surface area (Å²) in [6, 6.07) is 131. The molecule has 0 fully saturated rings. The van der Waals surface area contributed by atoms with Gasteiger partial charge in [-0.1, -0.05) is 251 Å². The van der Waals surface area contributed by atoms with Crippen LogP contribution in [0.5, 0.6) is 11.5 Å². The van der Waals surface area contributed by atoms with E-state index in [4.69, 9.17) is 9.72 Å². The summed E-state index contributed by atoms with van der Waals surface area (Å²) in [5, 5.41) is 2.10. The predicted molar refractivity (Wildman–Crippen MR) is 420 cm³/mol. The second-order valence-corrected chi connectivity index (χ2v) is 27.1. The number of pyridine rings is 1. The first kappa shape index (κ1) is 64.1. The molecular weight excluding hydrogens is 1430 g/mol. The third kappa shape index (κ3) is 12.0. The average Bonchev–Trinajstić information content (AvgIpc) is 1.59. The first-order valence-electron chi connectivity index (χ1n) is 34.8. The van der Waals surface area contributed by atoms with E-state index < -0.39 is 0 Å². The van der Waals surface area contributed by atoms with E-state index in [1.165, 1.54) is 5.56 Å². The second-order valence-electron chi connectivity index (χ2n) is 27.1. The van der Waals surface area contributed by atoms with Crippen molar-refractivity contribution in [3.05, 3.63) is 376 Å². The number of nitrogens with zero attached hydrogens (tertiary/aromatic N) is 6. The van der Waals surface area contributed by atoms with Gasteiger partial charge in [0.05, 0.1) is 28.1 Å². The Morgan fingerprint density at radius 2 is 0.864 bits per heavy atom. The van der Waals surface area contributed by atoms with E-state index in [0.717, 1.165) is 145 Å². The van der Waals surface area contributed by atoms with Gasteiger partial charge in [0.25, 0.3) is 6.33 Å². The molecule has 0 bridgehead atoms. The Bertz CT molecular complexity index is 5650. The zero-order chi connectivity index (χ0) is 68.3. The molecule has 0 saturated carbocycles. The van der Waals surface area contributed by atoms with Crippen molar-refractivity contribution in [3.8, 4) is 95.5 Å². The average molecular weight is 1500 g/mol. The van der Waals surface area contributed by atoms with Gasteiger partial charge in [-0.05, 0) is 185 Å². The number of rotatable bonds is 14. The Kier molecular flexibility index (Phi) is 16.8. The van der Waals surface area contributed by atoms with Crippen LogP contribution in [0.25, 0.3) is 117 Å². The van der Waals surface area contributed by atoms with E-state index in [1.807, 2.05) is 24.4 Å². The van der Waals surface area contributed by atoms with Crippen molar-refractivity contribution in [1.82, 2.24) is 14.1 Å². The van der Waals surface area contributed by atoms with Gasteiger partial charge < -0.3 is 23.5 Å². The number of benzene rings is 14. The van der Waals surface area contributed by atoms with Crippen molar-refractivity contribution >= 4 is 68.0 Å². The van der Waals surface area contributed by atoms with Crippen molar-refractivity contribution in [2.45, 2.75) is 26.2 Å². The van der Waals surface area contributed by atoms with Crippen LogP contribution in [-0.2, 0) is 26.5 Å². The maximum Gasteiger partial charge on any atom is 0.420 e. The van der Waals surface area contributed by atoms with Gasteiger partial charge in [-0.15, -0.1) is 29.7 Å². The largest absolute Gasteiger partial charge is 0.510 e. The van der Waals surface area contributed by atoms with E-state index in [-0.39, 0.29) is 33.5 Å². The fourth-order valence-corrected chi connectivity index (χ4v) is 14.8. The minimum absolute atomic E-state index is 0. The Hall–Kier alpha value is -12.3. The number of aromatic nitrogens is 4. The molecule has 0 unspecified atom stereocenters. The summed E-state index contributed by atoms with van der Waals surface area (Å²) in [6.07, 6.45) is 5.90. The van der Waals surface area contributed by atoms with Gasteiger partial charge in [-0.3, -0.25) is 4.57 Å². The number of para-hydroxylation sites is 7. The molecule has 4 heterocycles. The standard InChI is InChI=1S/C94H67BN6O.Pt/c1-94(2,3)75-52-53-96-92(60-75)99-86-51-48-76(95-100(77-36-18-8-19-37-77)89-46-24-25-47-90(89)101(95)78-38-20-9-21-39-78)61-85(86)84-50-49-81(63-91(84)99)102-80-41-26-40-79(62-80)97-64-98(88-45-23-22-44-87(88)97)93-82(73-56-69(65-28-10-4-11-29-65)54-70(57-73)66-30-12-5-13-31-66)42-27-43-83(93)74-58-71(67-32-14-6-15-33-67)55-72(59-74)68-34-16-7-17-35-68;/h4-61H,1-3H3;/q-2;. The van der Waals surface area contributed by atoms with Gasteiger partial charge in [0.15, 0.2) is 0 Å². The summed E-state index contributed by atoms with van der Waals surface area (Å²) in [7, 11) is 0. The molecule has 0 atom stereocenters. The van der Waals surface area contributed by atoms with E-state index in [2.05, 4.69) is 390 Å². The van der Waals surface area contributed by atoms with Crippen molar-refractivity contribution < 1.29 is 30.4 Å². The number of imidazole rings is 1. The molecule has 0 spiro atoms. The molecule has 1 aliphatic heterocycles.